The molecule has 0 aliphatic carbocycles. The maximum atomic E-state index is 15.9. The third kappa shape index (κ3) is 18.0. The van der Waals surface area contributed by atoms with Gasteiger partial charge in [0.15, 0.2) is 0 Å². The lowest BCUT2D eigenvalue weighted by molar-refractivity contribution is 0.0636. The smallest absolute Gasteiger partial charge is 0.263 e. The molecule has 14 heteroatoms. The number of nitrogens with zero attached hydrogens (tertiary/aromatic N) is 2. The summed E-state index contributed by atoms with van der Waals surface area (Å²) in [7, 11) is -4.95. The van der Waals surface area contributed by atoms with Crippen LogP contribution in [0.4, 0.5) is 0 Å². The van der Waals surface area contributed by atoms with Crippen molar-refractivity contribution in [2.45, 2.75) is 364 Å². The van der Waals surface area contributed by atoms with Gasteiger partial charge in [-0.1, -0.05) is 315 Å². The molecule has 0 bridgehead atoms. The highest BCUT2D eigenvalue weighted by Crippen LogP contribution is 2.57. The second kappa shape index (κ2) is 38.5. The predicted octanol–water partition coefficient (Wildman–Crippen LogP) is 27.8. The van der Waals surface area contributed by atoms with E-state index in [1.54, 1.807) is 63.0 Å². The van der Waals surface area contributed by atoms with Gasteiger partial charge in [0, 0.05) is 57.0 Å². The summed E-state index contributed by atoms with van der Waals surface area (Å²) in [5, 5.41) is 6.48. The zero-order valence-corrected chi connectivity index (χ0v) is 73.7. The van der Waals surface area contributed by atoms with Crippen molar-refractivity contribution in [2.24, 2.45) is 17.8 Å². The van der Waals surface area contributed by atoms with Crippen LogP contribution in [0.2, 0.25) is 24.2 Å². The first-order valence-electron chi connectivity index (χ1n) is 42.5. The first kappa shape index (κ1) is 82.4. The summed E-state index contributed by atoms with van der Waals surface area (Å²) in [5.41, 5.74) is 2.31. The molecule has 6 nitrogen and oxygen atoms in total. The maximum Gasteiger partial charge on any atom is 0.263 e. The fourth-order valence-corrected chi connectivity index (χ4v) is 41.0. The van der Waals surface area contributed by atoms with Crippen molar-refractivity contribution >= 4 is 129 Å². The molecule has 0 fully saturated rings. The van der Waals surface area contributed by atoms with Gasteiger partial charge in [0.05, 0.1) is 36.9 Å². The molecule has 6 aromatic heterocycles. The van der Waals surface area contributed by atoms with Crippen LogP contribution in [0.1, 0.15) is 385 Å². The number of carbonyl (C=O) groups is 4. The van der Waals surface area contributed by atoms with Gasteiger partial charge in [0.2, 0.25) is 0 Å². The van der Waals surface area contributed by atoms with Crippen LogP contribution >= 0.6 is 68.0 Å². The highest BCUT2D eigenvalue weighted by molar-refractivity contribution is 7.35. The fraction of sp³-hybridized carbons (Fsp3) is 0.685. The average molecular weight is 1540 g/mol. The number of imide groups is 2. The monoisotopic (exact) mass is 1540 g/mol. The maximum absolute atomic E-state index is 15.9. The second-order valence-electron chi connectivity index (χ2n) is 33.7. The van der Waals surface area contributed by atoms with Crippen LogP contribution in [0.15, 0.2) is 24.3 Å². The molecule has 0 saturated heterocycles. The molecule has 0 aromatic carbocycles. The number of amides is 4. The standard InChI is InChI=1S/C89H134N2O4S6Si2/c1-15-23-29-33-37-39-43-47-53-102(54-48-44-40-38-34-30-24-16-2)69-55-65(62(11)61(9)10)96-80(69)81-70(102)56-66(97-81)77-73-74(86(93)90(85(73)92)51-45-41-35-31-25-17-3)78(100-77)67-57-71-82(98-67)83-72(103(71,59-63(21-7)49-27-19-5)60-64(22-8)50-28-20-6)58-68(99-83)79-75-76(84(101-79)89(12,13)14)88(95)91(87(75)94)52-46-42-36-32-26-18-4/h55-58,61-64H,15-54,59-60H2,1-14H3. The molecule has 10 rings (SSSR count). The second-order valence-corrected chi connectivity index (χ2v) is 48.3. The van der Waals surface area contributed by atoms with E-state index in [1.165, 1.54) is 223 Å². The zero-order valence-electron chi connectivity index (χ0n) is 66.8. The van der Waals surface area contributed by atoms with Crippen LogP contribution in [0.5, 0.6) is 0 Å². The van der Waals surface area contributed by atoms with Crippen LogP contribution in [-0.4, -0.2) is 62.7 Å². The molecular formula is C89H134N2O4S6Si2. The number of fused-ring (bicyclic) bond motifs is 8. The van der Waals surface area contributed by atoms with Gasteiger partial charge in [-0.2, -0.15) is 0 Å². The summed E-state index contributed by atoms with van der Waals surface area (Å²) in [5.74, 6) is 1.80. The number of thiophene rings is 6. The molecule has 3 atom stereocenters. The van der Waals surface area contributed by atoms with Gasteiger partial charge < -0.3 is 0 Å². The van der Waals surface area contributed by atoms with Gasteiger partial charge >= 0.3 is 0 Å². The van der Waals surface area contributed by atoms with Crippen molar-refractivity contribution in [1.29, 1.82) is 0 Å². The van der Waals surface area contributed by atoms with Crippen LogP contribution in [0.3, 0.4) is 0 Å². The van der Waals surface area contributed by atoms with E-state index in [1.807, 2.05) is 34.0 Å². The number of hydrogen-bond acceptors (Lipinski definition) is 10. The van der Waals surface area contributed by atoms with Crippen molar-refractivity contribution in [1.82, 2.24) is 9.80 Å². The molecule has 0 radical (unpaired) electrons. The third-order valence-electron chi connectivity index (χ3n) is 24.6. The minimum absolute atomic E-state index is 0.0797. The van der Waals surface area contributed by atoms with Gasteiger partial charge in [-0.25, -0.2) is 0 Å². The SMILES string of the molecule is CCCCCCCCCC[Si]1(CCCCCCCCCC)c2cc(-c3sc(-c4cc5c(s4)-c4sc(-c6sc(C(C)(C)C)c7c6C(=O)N(CCCCCCCC)C7=O)cc4[Si]5(CC(CC)CCCC)CC(CC)CCCC)c4c3C(=O)N(CCCCCCCC)C4=O)sc2-c2sc(C(C)C(C)C)cc21. The lowest BCUT2D eigenvalue weighted by Gasteiger charge is -2.35. The number of unbranched alkanes of at least 4 members (excludes halogenated alkanes) is 26. The normalized spacial score (nSPS) is 16.8. The summed E-state index contributed by atoms with van der Waals surface area (Å²) in [4.78, 5) is 79.9. The molecule has 0 spiro atoms. The summed E-state index contributed by atoms with van der Waals surface area (Å²) >= 11 is 11.4. The molecule has 4 aliphatic rings. The van der Waals surface area contributed by atoms with Gasteiger partial charge in [-0.05, 0) is 111 Å². The fourth-order valence-electron chi connectivity index (χ4n) is 18.0. The summed E-state index contributed by atoms with van der Waals surface area (Å²) in [6, 6.07) is 15.6. The number of hydrogen-bond donors (Lipinski definition) is 0. The van der Waals surface area contributed by atoms with Crippen molar-refractivity contribution in [3.05, 3.63) is 56.3 Å². The molecule has 0 saturated carbocycles. The lowest BCUT2D eigenvalue weighted by Crippen LogP contribution is -2.56. The van der Waals surface area contributed by atoms with Gasteiger partial charge in [0.1, 0.15) is 16.1 Å². The minimum Gasteiger partial charge on any atom is -0.274 e. The highest BCUT2D eigenvalue weighted by atomic mass is 32.1. The van der Waals surface area contributed by atoms with Crippen molar-refractivity contribution in [3.8, 4) is 48.8 Å². The Morgan fingerprint density at radius 2 is 0.670 bits per heavy atom. The van der Waals surface area contributed by atoms with Crippen molar-refractivity contribution in [3.63, 3.8) is 0 Å². The van der Waals surface area contributed by atoms with E-state index in [9.17, 15) is 4.79 Å². The van der Waals surface area contributed by atoms with E-state index in [2.05, 4.69) is 133 Å². The topological polar surface area (TPSA) is 74.8 Å². The van der Waals surface area contributed by atoms with Crippen LogP contribution < -0.4 is 20.7 Å². The Hall–Kier alpha value is -3.09. The van der Waals surface area contributed by atoms with E-state index in [4.69, 9.17) is 0 Å². The lowest BCUT2D eigenvalue weighted by atomic mass is 9.90. The van der Waals surface area contributed by atoms with Gasteiger partial charge in [0.25, 0.3) is 23.6 Å². The first-order chi connectivity index (χ1) is 49.8. The molecule has 4 aliphatic heterocycles. The van der Waals surface area contributed by atoms with Crippen molar-refractivity contribution in [2.75, 3.05) is 13.1 Å². The molecule has 4 amide bonds. The largest absolute Gasteiger partial charge is 0.274 e. The van der Waals surface area contributed by atoms with Crippen LogP contribution in [-0.2, 0) is 5.41 Å². The molecular weight excluding hydrogens is 1410 g/mol. The Morgan fingerprint density at radius 1 is 0.350 bits per heavy atom. The molecule has 6 aromatic rings. The van der Waals surface area contributed by atoms with Gasteiger partial charge in [-0.15, -0.1) is 68.0 Å². The van der Waals surface area contributed by atoms with E-state index >= 15 is 14.4 Å². The van der Waals surface area contributed by atoms with Crippen LogP contribution in [0, 0.1) is 17.8 Å². The minimum atomic E-state index is -2.66. The van der Waals surface area contributed by atoms with E-state index in [0.29, 0.717) is 59.0 Å². The van der Waals surface area contributed by atoms with E-state index < -0.39 is 16.1 Å². The first-order valence-corrected chi connectivity index (χ1v) is 52.2. The summed E-state index contributed by atoms with van der Waals surface area (Å²) in [6.07, 6.45) is 43.9. The molecule has 3 unspecified atom stereocenters. The Morgan fingerprint density at radius 3 is 1.04 bits per heavy atom. The third-order valence-corrected chi connectivity index (χ3v) is 44.4. The molecule has 10 heterocycles. The average Bonchev–Trinajstić information content (AvgIpc) is 1.54. The van der Waals surface area contributed by atoms with Gasteiger partial charge in [-0.3, -0.25) is 29.0 Å². The van der Waals surface area contributed by atoms with Crippen molar-refractivity contribution < 1.29 is 19.2 Å². The summed E-state index contributed by atoms with van der Waals surface area (Å²) < 4.78 is 0. The zero-order chi connectivity index (χ0) is 73.6. The van der Waals surface area contributed by atoms with E-state index in [0.717, 1.165) is 80.6 Å². The molecule has 0 N–H and O–H groups in total. The predicted molar refractivity (Wildman–Crippen MR) is 461 cm³/mol. The van der Waals surface area contributed by atoms with Crippen LogP contribution in [0.25, 0.3) is 48.8 Å². The Bertz CT molecular complexity index is 3730. The quantitative estimate of drug-likeness (QED) is 0.0217. The molecule has 568 valence electrons. The number of carbonyl (C=O) groups excluding carboxylic acids is 4. The summed E-state index contributed by atoms with van der Waals surface area (Å²) in [6.45, 7) is 33.6. The molecule has 103 heavy (non-hydrogen) atoms. The van der Waals surface area contributed by atoms with E-state index in [-0.39, 0.29) is 29.0 Å². The Balaban J connectivity index is 1.14. The Kier molecular flexibility index (Phi) is 30.8. The Labute approximate surface area is 651 Å². The number of rotatable bonds is 49. The highest BCUT2D eigenvalue weighted by Gasteiger charge is 2.54.